The van der Waals surface area contributed by atoms with Crippen molar-refractivity contribution in [2.45, 2.75) is 24.9 Å². The summed E-state index contributed by atoms with van der Waals surface area (Å²) in [6.07, 6.45) is 2.43. The Morgan fingerprint density at radius 1 is 1.27 bits per heavy atom. The van der Waals surface area contributed by atoms with Crippen molar-refractivity contribution in [3.63, 3.8) is 0 Å². The van der Waals surface area contributed by atoms with E-state index in [0.717, 1.165) is 19.5 Å². The molecule has 0 saturated carbocycles. The number of oxazole rings is 1. The summed E-state index contributed by atoms with van der Waals surface area (Å²) in [5.74, 6) is 0.628. The van der Waals surface area contributed by atoms with E-state index < -0.39 is 5.54 Å². The maximum atomic E-state index is 12.5. The number of carbonyl (C=O) groups excluding carboxylic acids is 1. The van der Waals surface area contributed by atoms with Crippen molar-refractivity contribution in [3.8, 4) is 0 Å². The fraction of sp³-hybridized carbons (Fsp3) is 0.474. The average molecular weight is 357 g/mol. The summed E-state index contributed by atoms with van der Waals surface area (Å²) < 4.78 is 16.7. The summed E-state index contributed by atoms with van der Waals surface area (Å²) in [6.45, 7) is 4.92. The lowest BCUT2D eigenvalue weighted by Crippen LogP contribution is -2.59. The van der Waals surface area contributed by atoms with Crippen LogP contribution in [0.15, 0.2) is 40.9 Å². The lowest BCUT2D eigenvalue weighted by atomic mass is 9.96. The SMILES string of the molecule is C[C@@]1(c2ncc(N3CCOCC3)o2)N[C@@H](Cc2ccccc2)COC1=O. The van der Waals surface area contributed by atoms with Crippen LogP contribution < -0.4 is 10.2 Å². The van der Waals surface area contributed by atoms with Crippen LogP contribution in [-0.4, -0.2) is 49.9 Å². The minimum absolute atomic E-state index is 0.00108. The number of anilines is 1. The monoisotopic (exact) mass is 357 g/mol. The summed E-state index contributed by atoms with van der Waals surface area (Å²) in [6, 6.07) is 10.1. The van der Waals surface area contributed by atoms with Gasteiger partial charge in [0.1, 0.15) is 6.61 Å². The van der Waals surface area contributed by atoms with Crippen LogP contribution in [0.25, 0.3) is 0 Å². The van der Waals surface area contributed by atoms with Gasteiger partial charge in [-0.15, -0.1) is 0 Å². The second kappa shape index (κ2) is 7.09. The summed E-state index contributed by atoms with van der Waals surface area (Å²) >= 11 is 0. The van der Waals surface area contributed by atoms with Crippen LogP contribution in [-0.2, 0) is 26.2 Å². The summed E-state index contributed by atoms with van der Waals surface area (Å²) in [4.78, 5) is 18.9. The number of benzene rings is 1. The van der Waals surface area contributed by atoms with Crippen LogP contribution in [0.1, 0.15) is 18.4 Å². The van der Waals surface area contributed by atoms with Gasteiger partial charge in [-0.2, -0.15) is 0 Å². The van der Waals surface area contributed by atoms with Crippen LogP contribution in [0.4, 0.5) is 5.88 Å². The van der Waals surface area contributed by atoms with E-state index in [0.29, 0.717) is 31.6 Å². The van der Waals surface area contributed by atoms with Crippen molar-refractivity contribution in [2.75, 3.05) is 37.8 Å². The Morgan fingerprint density at radius 3 is 2.81 bits per heavy atom. The molecule has 0 bridgehead atoms. The number of esters is 1. The van der Waals surface area contributed by atoms with E-state index in [9.17, 15) is 4.79 Å². The first-order chi connectivity index (χ1) is 12.6. The molecule has 0 amide bonds. The molecule has 7 heteroatoms. The molecule has 2 atom stereocenters. The van der Waals surface area contributed by atoms with E-state index in [1.165, 1.54) is 5.56 Å². The molecule has 2 saturated heterocycles. The molecular formula is C19H23N3O4. The molecule has 2 aromatic rings. The van der Waals surface area contributed by atoms with Crippen LogP contribution in [0.5, 0.6) is 0 Å². The van der Waals surface area contributed by atoms with Gasteiger partial charge >= 0.3 is 5.97 Å². The smallest absolute Gasteiger partial charge is 0.335 e. The molecule has 0 radical (unpaired) electrons. The zero-order valence-corrected chi connectivity index (χ0v) is 14.8. The molecule has 3 heterocycles. The molecule has 7 nitrogen and oxygen atoms in total. The van der Waals surface area contributed by atoms with Crippen LogP contribution in [0.3, 0.4) is 0 Å². The van der Waals surface area contributed by atoms with Crippen LogP contribution >= 0.6 is 0 Å². The third-order valence-electron chi connectivity index (χ3n) is 4.89. The van der Waals surface area contributed by atoms with Crippen molar-refractivity contribution in [3.05, 3.63) is 48.0 Å². The number of hydrogen-bond donors (Lipinski definition) is 1. The van der Waals surface area contributed by atoms with E-state index in [2.05, 4.69) is 27.3 Å². The quantitative estimate of drug-likeness (QED) is 0.831. The topological polar surface area (TPSA) is 76.8 Å². The maximum absolute atomic E-state index is 12.5. The molecule has 26 heavy (non-hydrogen) atoms. The molecular weight excluding hydrogens is 334 g/mol. The summed E-state index contributed by atoms with van der Waals surface area (Å²) in [5, 5.41) is 3.39. The van der Waals surface area contributed by atoms with Gasteiger partial charge in [0.15, 0.2) is 5.54 Å². The van der Waals surface area contributed by atoms with E-state index in [1.54, 1.807) is 13.1 Å². The number of aromatic nitrogens is 1. The molecule has 1 aromatic heterocycles. The number of carbonyl (C=O) groups is 1. The zero-order valence-electron chi connectivity index (χ0n) is 14.8. The predicted octanol–water partition coefficient (Wildman–Crippen LogP) is 1.48. The largest absolute Gasteiger partial charge is 0.462 e. The second-order valence-electron chi connectivity index (χ2n) is 6.86. The van der Waals surface area contributed by atoms with Crippen LogP contribution in [0.2, 0.25) is 0 Å². The molecule has 4 rings (SSSR count). The number of nitrogens with zero attached hydrogens (tertiary/aromatic N) is 2. The molecule has 0 aliphatic carbocycles. The predicted molar refractivity (Wildman–Crippen MR) is 94.9 cm³/mol. The normalized spacial score (nSPS) is 26.6. The first-order valence-corrected chi connectivity index (χ1v) is 8.93. The van der Waals surface area contributed by atoms with Crippen molar-refractivity contribution in [2.24, 2.45) is 0 Å². The third-order valence-corrected chi connectivity index (χ3v) is 4.89. The average Bonchev–Trinajstić information content (AvgIpc) is 3.17. The first kappa shape index (κ1) is 17.1. The van der Waals surface area contributed by atoms with Crippen LogP contribution in [0, 0.1) is 0 Å². The number of morpholine rings is 2. The Labute approximate surface area is 152 Å². The number of cyclic esters (lactones) is 1. The number of nitrogens with one attached hydrogen (secondary N) is 1. The number of hydrogen-bond acceptors (Lipinski definition) is 7. The highest BCUT2D eigenvalue weighted by Gasteiger charge is 2.46. The third kappa shape index (κ3) is 3.32. The summed E-state index contributed by atoms with van der Waals surface area (Å²) in [7, 11) is 0. The van der Waals surface area contributed by atoms with Crippen molar-refractivity contribution in [1.29, 1.82) is 0 Å². The van der Waals surface area contributed by atoms with E-state index in [1.807, 2.05) is 18.2 Å². The lowest BCUT2D eigenvalue weighted by Gasteiger charge is -2.35. The fourth-order valence-electron chi connectivity index (χ4n) is 3.41. The zero-order chi connectivity index (χ0) is 18.0. The Bertz CT molecular complexity index is 757. The number of rotatable bonds is 4. The van der Waals surface area contributed by atoms with Crippen molar-refractivity contribution in [1.82, 2.24) is 10.3 Å². The van der Waals surface area contributed by atoms with Crippen molar-refractivity contribution < 1.29 is 18.7 Å². The van der Waals surface area contributed by atoms with Gasteiger partial charge in [-0.1, -0.05) is 30.3 Å². The highest BCUT2D eigenvalue weighted by atomic mass is 16.5. The Balaban J connectivity index is 1.51. The van der Waals surface area contributed by atoms with Crippen molar-refractivity contribution >= 4 is 11.9 Å². The number of ether oxygens (including phenoxy) is 2. The van der Waals surface area contributed by atoms with Gasteiger partial charge in [-0.05, 0) is 18.9 Å². The molecule has 2 aliphatic heterocycles. The first-order valence-electron chi connectivity index (χ1n) is 8.93. The minimum atomic E-state index is -1.10. The fourth-order valence-corrected chi connectivity index (χ4v) is 3.41. The van der Waals surface area contributed by atoms with Gasteiger partial charge in [0.25, 0.3) is 0 Å². The van der Waals surface area contributed by atoms with Gasteiger partial charge in [0, 0.05) is 19.1 Å². The standard InChI is InChI=1S/C19H23N3O4/c1-19(17-20-12-16(26-17)22-7-9-24-10-8-22)18(23)25-13-15(21-19)11-14-5-3-2-4-6-14/h2-6,12,15,21H,7-11,13H2,1H3/t15-,19-/m0/s1. The van der Waals surface area contributed by atoms with Gasteiger partial charge < -0.3 is 18.8 Å². The molecule has 1 N–H and O–H groups in total. The Morgan fingerprint density at radius 2 is 2.04 bits per heavy atom. The maximum Gasteiger partial charge on any atom is 0.335 e. The van der Waals surface area contributed by atoms with E-state index in [4.69, 9.17) is 13.9 Å². The van der Waals surface area contributed by atoms with Gasteiger partial charge in [0.2, 0.25) is 11.8 Å². The van der Waals surface area contributed by atoms with Gasteiger partial charge in [-0.3, -0.25) is 5.32 Å². The minimum Gasteiger partial charge on any atom is -0.462 e. The highest BCUT2D eigenvalue weighted by molar-refractivity contribution is 5.81. The lowest BCUT2D eigenvalue weighted by molar-refractivity contribution is -0.160. The molecule has 0 unspecified atom stereocenters. The Hall–Kier alpha value is -2.38. The molecule has 2 fully saturated rings. The molecule has 138 valence electrons. The molecule has 2 aliphatic rings. The highest BCUT2D eigenvalue weighted by Crippen LogP contribution is 2.29. The van der Waals surface area contributed by atoms with E-state index >= 15 is 0 Å². The summed E-state index contributed by atoms with van der Waals surface area (Å²) in [5.41, 5.74) is 0.0918. The second-order valence-corrected chi connectivity index (χ2v) is 6.86. The molecule has 1 aromatic carbocycles. The van der Waals surface area contributed by atoms with E-state index in [-0.39, 0.29) is 12.0 Å². The van der Waals surface area contributed by atoms with Gasteiger partial charge in [0.05, 0.1) is 19.4 Å². The molecule has 0 spiro atoms. The Kier molecular flexibility index (Phi) is 4.65. The van der Waals surface area contributed by atoms with Gasteiger partial charge in [-0.25, -0.2) is 9.78 Å².